The van der Waals surface area contributed by atoms with Crippen molar-refractivity contribution >= 4 is 11.8 Å². The highest BCUT2D eigenvalue weighted by molar-refractivity contribution is 5.86. The highest BCUT2D eigenvalue weighted by Gasteiger charge is 2.39. The van der Waals surface area contributed by atoms with Crippen LogP contribution in [-0.4, -0.2) is 40.8 Å². The van der Waals surface area contributed by atoms with E-state index in [9.17, 15) is 19.8 Å². The molecule has 1 unspecified atom stereocenters. The molecule has 0 bridgehead atoms. The molecule has 0 aromatic heterocycles. The first-order valence-electron chi connectivity index (χ1n) is 10.5. The van der Waals surface area contributed by atoms with E-state index in [4.69, 9.17) is 0 Å². The summed E-state index contributed by atoms with van der Waals surface area (Å²) in [6.07, 6.45) is 12.6. The molecule has 0 heterocycles. The summed E-state index contributed by atoms with van der Waals surface area (Å²) in [4.78, 5) is 23.6. The van der Waals surface area contributed by atoms with Crippen LogP contribution in [0.4, 0.5) is 0 Å². The average Bonchev–Trinajstić information content (AvgIpc) is 2.89. The molecule has 1 saturated carbocycles. The molecule has 0 saturated heterocycles. The number of ketones is 1. The Bertz CT molecular complexity index is 549. The van der Waals surface area contributed by atoms with E-state index in [1.54, 1.807) is 19.1 Å². The lowest BCUT2D eigenvalue weighted by Gasteiger charge is -2.21. The number of Topliss-reactive ketones (excluding diaryl/α,β-unsaturated/α-hetero) is 1. The van der Waals surface area contributed by atoms with Crippen LogP contribution >= 0.6 is 0 Å². The van der Waals surface area contributed by atoms with Gasteiger partial charge in [-0.25, -0.2) is 0 Å². The van der Waals surface area contributed by atoms with Crippen LogP contribution in [-0.2, 0) is 14.3 Å². The Kier molecular flexibility index (Phi) is 10.7. The molecular weight excluding hydrogens is 356 g/mol. The molecule has 1 fully saturated rings. The van der Waals surface area contributed by atoms with E-state index in [1.807, 2.05) is 19.1 Å². The van der Waals surface area contributed by atoms with Gasteiger partial charge in [0.1, 0.15) is 5.78 Å². The number of rotatable bonds is 12. The van der Waals surface area contributed by atoms with Gasteiger partial charge in [0.15, 0.2) is 0 Å². The van der Waals surface area contributed by atoms with Gasteiger partial charge in [0, 0.05) is 24.7 Å². The SMILES string of the molecule is CCCCC[C@](C)(O)/C=C/[C@H]1C(=O)C[C@H](O)[C@@H]1C/C=C\CC(C)CC(=O)OC. The fraction of sp³-hybridized carbons (Fsp3) is 0.739. The van der Waals surface area contributed by atoms with Crippen LogP contribution in [0.5, 0.6) is 0 Å². The van der Waals surface area contributed by atoms with Gasteiger partial charge in [-0.1, -0.05) is 57.4 Å². The molecule has 5 nitrogen and oxygen atoms in total. The molecule has 5 atom stereocenters. The first-order chi connectivity index (χ1) is 13.2. The Labute approximate surface area is 169 Å². The van der Waals surface area contributed by atoms with Crippen LogP contribution in [0, 0.1) is 17.8 Å². The number of hydrogen-bond acceptors (Lipinski definition) is 5. The van der Waals surface area contributed by atoms with E-state index in [2.05, 4.69) is 11.7 Å². The largest absolute Gasteiger partial charge is 0.469 e. The number of allylic oxidation sites excluding steroid dienone is 3. The molecule has 0 aromatic carbocycles. The number of carbonyl (C=O) groups excluding carboxylic acids is 2. The molecule has 5 heteroatoms. The number of esters is 1. The van der Waals surface area contributed by atoms with Crippen LogP contribution in [0.1, 0.15) is 72.1 Å². The summed E-state index contributed by atoms with van der Waals surface area (Å²) in [6.45, 7) is 5.88. The third kappa shape index (κ3) is 8.70. The summed E-state index contributed by atoms with van der Waals surface area (Å²) in [5, 5.41) is 20.8. The van der Waals surface area contributed by atoms with Crippen LogP contribution in [0.15, 0.2) is 24.3 Å². The quantitative estimate of drug-likeness (QED) is 0.297. The van der Waals surface area contributed by atoms with Gasteiger partial charge in [-0.2, -0.15) is 0 Å². The lowest BCUT2D eigenvalue weighted by atomic mass is 9.88. The summed E-state index contributed by atoms with van der Waals surface area (Å²) >= 11 is 0. The second-order valence-corrected chi connectivity index (χ2v) is 8.43. The van der Waals surface area contributed by atoms with Crippen molar-refractivity contribution in [1.29, 1.82) is 0 Å². The number of unbranched alkanes of at least 4 members (excludes halogenated alkanes) is 2. The Morgan fingerprint density at radius 2 is 2.07 bits per heavy atom. The molecule has 0 radical (unpaired) electrons. The van der Waals surface area contributed by atoms with Crippen molar-refractivity contribution in [1.82, 2.24) is 0 Å². The van der Waals surface area contributed by atoms with E-state index in [0.717, 1.165) is 25.7 Å². The van der Waals surface area contributed by atoms with Crippen molar-refractivity contribution in [3.8, 4) is 0 Å². The van der Waals surface area contributed by atoms with Gasteiger partial charge in [0.05, 0.1) is 18.8 Å². The molecule has 1 aliphatic carbocycles. The van der Waals surface area contributed by atoms with Gasteiger partial charge in [0.25, 0.3) is 0 Å². The van der Waals surface area contributed by atoms with Crippen molar-refractivity contribution in [3.05, 3.63) is 24.3 Å². The van der Waals surface area contributed by atoms with Gasteiger partial charge in [-0.15, -0.1) is 0 Å². The minimum atomic E-state index is -0.924. The fourth-order valence-corrected chi connectivity index (χ4v) is 3.69. The zero-order valence-electron chi connectivity index (χ0n) is 17.9. The Hall–Kier alpha value is -1.46. The normalized spacial score (nSPS) is 26.1. The molecule has 0 aromatic rings. The van der Waals surface area contributed by atoms with E-state index >= 15 is 0 Å². The standard InChI is InChI=1S/C23H38O5/c1-5-6-9-13-23(3,27)14-12-19-18(20(24)16-21(19)25)11-8-7-10-17(2)15-22(26)28-4/h7-8,12,14,17-20,24,27H,5-6,9-11,13,15-16H2,1-4H3/b8-7-,14-12+/t17?,18-,19-,20+,23+/m1/s1. The van der Waals surface area contributed by atoms with Crippen molar-refractivity contribution in [2.45, 2.75) is 83.8 Å². The monoisotopic (exact) mass is 394 g/mol. The molecule has 28 heavy (non-hydrogen) atoms. The number of methoxy groups -OCH3 is 1. The lowest BCUT2D eigenvalue weighted by molar-refractivity contribution is -0.141. The highest BCUT2D eigenvalue weighted by atomic mass is 16.5. The van der Waals surface area contributed by atoms with E-state index in [0.29, 0.717) is 19.3 Å². The third-order valence-electron chi connectivity index (χ3n) is 5.54. The van der Waals surface area contributed by atoms with Crippen molar-refractivity contribution in [2.24, 2.45) is 17.8 Å². The lowest BCUT2D eigenvalue weighted by Crippen LogP contribution is -2.23. The summed E-state index contributed by atoms with van der Waals surface area (Å²) in [6, 6.07) is 0. The van der Waals surface area contributed by atoms with Crippen LogP contribution in [0.2, 0.25) is 0 Å². The molecule has 1 rings (SSSR count). The predicted molar refractivity (Wildman–Crippen MR) is 111 cm³/mol. The van der Waals surface area contributed by atoms with E-state index in [1.165, 1.54) is 7.11 Å². The fourth-order valence-electron chi connectivity index (χ4n) is 3.69. The highest BCUT2D eigenvalue weighted by Crippen LogP contribution is 2.34. The van der Waals surface area contributed by atoms with Gasteiger partial charge >= 0.3 is 5.97 Å². The molecular formula is C23H38O5. The summed E-state index contributed by atoms with van der Waals surface area (Å²) in [5.74, 6) is -0.514. The predicted octanol–water partition coefficient (Wildman–Crippen LogP) is 3.98. The van der Waals surface area contributed by atoms with Gasteiger partial charge in [-0.05, 0) is 32.1 Å². The zero-order valence-corrected chi connectivity index (χ0v) is 17.9. The summed E-state index contributed by atoms with van der Waals surface area (Å²) in [7, 11) is 1.39. The van der Waals surface area contributed by atoms with E-state index < -0.39 is 11.7 Å². The Balaban J connectivity index is 2.61. The Morgan fingerprint density at radius 1 is 1.36 bits per heavy atom. The van der Waals surface area contributed by atoms with Crippen molar-refractivity contribution < 1.29 is 24.5 Å². The smallest absolute Gasteiger partial charge is 0.305 e. The average molecular weight is 395 g/mol. The second-order valence-electron chi connectivity index (χ2n) is 8.43. The summed E-state index contributed by atoms with van der Waals surface area (Å²) < 4.78 is 4.67. The minimum Gasteiger partial charge on any atom is -0.469 e. The van der Waals surface area contributed by atoms with Crippen LogP contribution in [0.25, 0.3) is 0 Å². The summed E-state index contributed by atoms with van der Waals surface area (Å²) in [5.41, 5.74) is -0.924. The topological polar surface area (TPSA) is 83.8 Å². The van der Waals surface area contributed by atoms with Gasteiger partial charge in [-0.3, -0.25) is 9.59 Å². The number of carbonyl (C=O) groups is 2. The van der Waals surface area contributed by atoms with Crippen molar-refractivity contribution in [2.75, 3.05) is 7.11 Å². The molecule has 160 valence electrons. The van der Waals surface area contributed by atoms with Crippen LogP contribution in [0.3, 0.4) is 0 Å². The minimum absolute atomic E-state index is 0.0329. The maximum Gasteiger partial charge on any atom is 0.305 e. The first kappa shape index (κ1) is 24.6. The third-order valence-corrected chi connectivity index (χ3v) is 5.54. The molecule has 2 N–H and O–H groups in total. The first-order valence-corrected chi connectivity index (χ1v) is 10.5. The van der Waals surface area contributed by atoms with Crippen LogP contribution < -0.4 is 0 Å². The maximum atomic E-state index is 12.3. The molecule has 0 aliphatic heterocycles. The van der Waals surface area contributed by atoms with Crippen molar-refractivity contribution in [3.63, 3.8) is 0 Å². The van der Waals surface area contributed by atoms with Gasteiger partial charge < -0.3 is 14.9 Å². The second kappa shape index (κ2) is 12.2. The van der Waals surface area contributed by atoms with E-state index in [-0.39, 0.29) is 35.9 Å². The molecule has 0 amide bonds. The Morgan fingerprint density at radius 3 is 2.71 bits per heavy atom. The number of ether oxygens (including phenoxy) is 1. The number of hydrogen-bond donors (Lipinski definition) is 2. The maximum absolute atomic E-state index is 12.3. The number of aliphatic hydroxyl groups excluding tert-OH is 1. The molecule has 1 aliphatic rings. The zero-order chi connectivity index (χ0) is 21.2. The number of aliphatic hydroxyl groups is 2. The van der Waals surface area contributed by atoms with Gasteiger partial charge in [0.2, 0.25) is 0 Å². The molecule has 0 spiro atoms.